The van der Waals surface area contributed by atoms with Gasteiger partial charge in [0.2, 0.25) is 5.91 Å². The van der Waals surface area contributed by atoms with E-state index in [1.54, 1.807) is 0 Å². The van der Waals surface area contributed by atoms with Crippen LogP contribution in [0.4, 0.5) is 11.4 Å². The molecular formula is C16H23BrN2O. The van der Waals surface area contributed by atoms with E-state index in [0.717, 1.165) is 35.0 Å². The molecule has 0 aliphatic heterocycles. The van der Waals surface area contributed by atoms with Crippen molar-refractivity contribution in [3.8, 4) is 0 Å². The highest BCUT2D eigenvalue weighted by Gasteiger charge is 2.37. The molecule has 3 nitrogen and oxygen atoms in total. The van der Waals surface area contributed by atoms with Gasteiger partial charge in [-0.2, -0.15) is 0 Å². The van der Waals surface area contributed by atoms with E-state index in [1.165, 1.54) is 6.42 Å². The minimum absolute atomic E-state index is 0.0682. The second-order valence-electron chi connectivity index (χ2n) is 6.46. The zero-order chi connectivity index (χ0) is 14.9. The van der Waals surface area contributed by atoms with Gasteiger partial charge >= 0.3 is 0 Å². The van der Waals surface area contributed by atoms with E-state index >= 15 is 0 Å². The van der Waals surface area contributed by atoms with Gasteiger partial charge in [-0.3, -0.25) is 4.79 Å². The molecule has 0 spiro atoms. The Bertz CT molecular complexity index is 502. The zero-order valence-corrected chi connectivity index (χ0v) is 14.0. The molecule has 2 rings (SSSR count). The van der Waals surface area contributed by atoms with Crippen LogP contribution in [-0.2, 0) is 4.79 Å². The van der Waals surface area contributed by atoms with E-state index in [2.05, 4.69) is 35.1 Å². The first-order valence-corrected chi connectivity index (χ1v) is 7.97. The van der Waals surface area contributed by atoms with Crippen LogP contribution in [0.2, 0.25) is 0 Å². The van der Waals surface area contributed by atoms with Crippen molar-refractivity contribution in [2.45, 2.75) is 46.5 Å². The third-order valence-electron chi connectivity index (χ3n) is 4.40. The van der Waals surface area contributed by atoms with Gasteiger partial charge in [-0.25, -0.2) is 0 Å². The van der Waals surface area contributed by atoms with E-state index in [1.807, 2.05) is 19.1 Å². The normalized spacial score (nSPS) is 21.5. The lowest BCUT2D eigenvalue weighted by molar-refractivity contribution is -0.124. The monoisotopic (exact) mass is 338 g/mol. The molecular weight excluding hydrogens is 316 g/mol. The molecule has 0 radical (unpaired) electrons. The summed E-state index contributed by atoms with van der Waals surface area (Å²) in [6, 6.07) is 3.80. The van der Waals surface area contributed by atoms with Crippen LogP contribution in [0.15, 0.2) is 16.6 Å². The van der Waals surface area contributed by atoms with Crippen molar-refractivity contribution in [2.75, 3.05) is 11.1 Å². The lowest BCUT2D eigenvalue weighted by Crippen LogP contribution is -2.37. The van der Waals surface area contributed by atoms with Crippen molar-refractivity contribution in [3.05, 3.63) is 22.2 Å². The summed E-state index contributed by atoms with van der Waals surface area (Å²) < 4.78 is 0.934. The van der Waals surface area contributed by atoms with Crippen LogP contribution in [0.5, 0.6) is 0 Å². The lowest BCUT2D eigenvalue weighted by Gasteiger charge is -2.37. The number of nitrogen functional groups attached to an aromatic ring is 1. The molecule has 0 saturated heterocycles. The Morgan fingerprint density at radius 1 is 1.40 bits per heavy atom. The summed E-state index contributed by atoms with van der Waals surface area (Å²) in [4.78, 5) is 12.6. The predicted molar refractivity (Wildman–Crippen MR) is 87.7 cm³/mol. The third-order valence-corrected chi connectivity index (χ3v) is 4.86. The number of benzene rings is 1. The Morgan fingerprint density at radius 2 is 2.10 bits per heavy atom. The number of carbonyl (C=O) groups excluding carboxylic acids is 1. The summed E-state index contributed by atoms with van der Waals surface area (Å²) in [6.07, 6.45) is 4.43. The molecule has 0 aromatic heterocycles. The van der Waals surface area contributed by atoms with Crippen LogP contribution >= 0.6 is 15.9 Å². The lowest BCUT2D eigenvalue weighted by atomic mass is 9.68. The van der Waals surface area contributed by atoms with Gasteiger partial charge in [0, 0.05) is 10.4 Å². The fraction of sp³-hybridized carbons (Fsp3) is 0.562. The number of hydrogen-bond acceptors (Lipinski definition) is 2. The summed E-state index contributed by atoms with van der Waals surface area (Å²) in [6.45, 7) is 6.34. The van der Waals surface area contributed by atoms with Gasteiger partial charge in [-0.1, -0.05) is 42.6 Å². The summed E-state index contributed by atoms with van der Waals surface area (Å²) in [7, 11) is 0. The summed E-state index contributed by atoms with van der Waals surface area (Å²) in [5, 5.41) is 3.05. The van der Waals surface area contributed by atoms with Crippen molar-refractivity contribution in [1.29, 1.82) is 0 Å². The molecule has 20 heavy (non-hydrogen) atoms. The second kappa shape index (κ2) is 5.76. The van der Waals surface area contributed by atoms with Crippen molar-refractivity contribution < 1.29 is 4.79 Å². The molecule has 1 amide bonds. The first-order valence-electron chi connectivity index (χ1n) is 7.18. The summed E-state index contributed by atoms with van der Waals surface area (Å²) in [5.41, 5.74) is 8.44. The van der Waals surface area contributed by atoms with Crippen LogP contribution < -0.4 is 11.1 Å². The minimum Gasteiger partial charge on any atom is -0.397 e. The van der Waals surface area contributed by atoms with E-state index < -0.39 is 0 Å². The Morgan fingerprint density at radius 3 is 2.70 bits per heavy atom. The van der Waals surface area contributed by atoms with Crippen molar-refractivity contribution in [3.63, 3.8) is 0 Å². The molecule has 4 heteroatoms. The Hall–Kier alpha value is -1.03. The van der Waals surface area contributed by atoms with Crippen molar-refractivity contribution in [1.82, 2.24) is 0 Å². The average Bonchev–Trinajstić information content (AvgIpc) is 2.32. The molecule has 1 aromatic carbocycles. The fourth-order valence-electron chi connectivity index (χ4n) is 3.13. The average molecular weight is 339 g/mol. The Labute approximate surface area is 129 Å². The molecule has 1 atom stereocenters. The number of amides is 1. The van der Waals surface area contributed by atoms with Crippen LogP contribution in [0.3, 0.4) is 0 Å². The highest BCUT2D eigenvalue weighted by Crippen LogP contribution is 2.41. The summed E-state index contributed by atoms with van der Waals surface area (Å²) in [5.74, 6) is 0.172. The number of carbonyl (C=O) groups is 1. The van der Waals surface area contributed by atoms with Gasteiger partial charge < -0.3 is 11.1 Å². The first kappa shape index (κ1) is 15.4. The molecule has 1 aliphatic carbocycles. The smallest absolute Gasteiger partial charge is 0.228 e. The van der Waals surface area contributed by atoms with Gasteiger partial charge in [0.05, 0.1) is 11.4 Å². The number of halogens is 1. The SMILES string of the molecule is Cc1cc(Br)cc(N)c1NC(=O)C1CCCCC1(C)C. The summed E-state index contributed by atoms with van der Waals surface area (Å²) >= 11 is 3.42. The molecule has 0 bridgehead atoms. The molecule has 1 saturated carbocycles. The minimum atomic E-state index is 0.0682. The van der Waals surface area contributed by atoms with E-state index in [4.69, 9.17) is 5.73 Å². The Kier molecular flexibility index (Phi) is 4.43. The molecule has 1 aromatic rings. The molecule has 110 valence electrons. The molecule has 0 heterocycles. The van der Waals surface area contributed by atoms with Crippen molar-refractivity contribution >= 4 is 33.2 Å². The van der Waals surface area contributed by atoms with Crippen LogP contribution in [0.25, 0.3) is 0 Å². The maximum absolute atomic E-state index is 12.6. The number of anilines is 2. The van der Waals surface area contributed by atoms with E-state index in [-0.39, 0.29) is 17.2 Å². The molecule has 1 fully saturated rings. The van der Waals surface area contributed by atoms with Gasteiger partial charge in [0.15, 0.2) is 0 Å². The molecule has 1 aliphatic rings. The number of hydrogen-bond donors (Lipinski definition) is 2. The van der Waals surface area contributed by atoms with Gasteiger partial charge in [-0.15, -0.1) is 0 Å². The Balaban J connectivity index is 2.20. The number of rotatable bonds is 2. The highest BCUT2D eigenvalue weighted by molar-refractivity contribution is 9.10. The quantitative estimate of drug-likeness (QED) is 0.780. The molecule has 3 N–H and O–H groups in total. The third kappa shape index (κ3) is 3.17. The highest BCUT2D eigenvalue weighted by atomic mass is 79.9. The van der Waals surface area contributed by atoms with Crippen LogP contribution in [0.1, 0.15) is 45.1 Å². The molecule has 1 unspecified atom stereocenters. The fourth-order valence-corrected chi connectivity index (χ4v) is 3.72. The van der Waals surface area contributed by atoms with Crippen molar-refractivity contribution in [2.24, 2.45) is 11.3 Å². The standard InChI is InChI=1S/C16H23BrN2O/c1-10-8-11(17)9-13(18)14(10)19-15(20)12-6-4-5-7-16(12,2)3/h8-9,12H,4-7,18H2,1-3H3,(H,19,20). The van der Waals surface area contributed by atoms with Crippen LogP contribution in [-0.4, -0.2) is 5.91 Å². The number of nitrogens with one attached hydrogen (secondary N) is 1. The predicted octanol–water partition coefficient (Wildman–Crippen LogP) is 4.49. The number of aryl methyl sites for hydroxylation is 1. The maximum atomic E-state index is 12.6. The van der Waals surface area contributed by atoms with Gasteiger partial charge in [0.1, 0.15) is 0 Å². The second-order valence-corrected chi connectivity index (χ2v) is 7.38. The van der Waals surface area contributed by atoms with E-state index in [0.29, 0.717) is 5.69 Å². The first-order chi connectivity index (χ1) is 9.31. The largest absolute Gasteiger partial charge is 0.397 e. The van der Waals surface area contributed by atoms with E-state index in [9.17, 15) is 4.79 Å². The zero-order valence-electron chi connectivity index (χ0n) is 12.4. The van der Waals surface area contributed by atoms with Crippen LogP contribution in [0, 0.1) is 18.3 Å². The maximum Gasteiger partial charge on any atom is 0.228 e. The number of nitrogens with two attached hydrogens (primary N) is 1. The van der Waals surface area contributed by atoms with Gasteiger partial charge in [-0.05, 0) is 42.9 Å². The topological polar surface area (TPSA) is 55.1 Å². The van der Waals surface area contributed by atoms with Gasteiger partial charge in [0.25, 0.3) is 0 Å².